The number of hydrogen-bond acceptors (Lipinski definition) is 4. The van der Waals surface area contributed by atoms with E-state index in [-0.39, 0.29) is 10.6 Å². The zero-order chi connectivity index (χ0) is 10.8. The molecular formula is C6H6Cl2N2O3S. The van der Waals surface area contributed by atoms with E-state index in [4.69, 9.17) is 28.1 Å². The first kappa shape index (κ1) is 11.4. The lowest BCUT2D eigenvalue weighted by molar-refractivity contribution is 0.483. The maximum Gasteiger partial charge on any atom is 0.296 e. The lowest BCUT2D eigenvalue weighted by Gasteiger charge is -2.06. The highest BCUT2D eigenvalue weighted by molar-refractivity contribution is 7.86. The van der Waals surface area contributed by atoms with Gasteiger partial charge in [-0.3, -0.25) is 14.2 Å². The van der Waals surface area contributed by atoms with Gasteiger partial charge in [0.1, 0.15) is 4.90 Å². The maximum atomic E-state index is 10.9. The van der Waals surface area contributed by atoms with E-state index in [9.17, 15) is 8.42 Å². The molecule has 0 atom stereocenters. The maximum absolute atomic E-state index is 10.9. The molecule has 0 aliphatic carbocycles. The van der Waals surface area contributed by atoms with Gasteiger partial charge < -0.3 is 0 Å². The van der Waals surface area contributed by atoms with Gasteiger partial charge in [-0.1, -0.05) is 0 Å². The molecule has 1 rings (SSSR count). The molecule has 0 radical (unpaired) electrons. The van der Waals surface area contributed by atoms with Gasteiger partial charge in [0, 0.05) is 23.6 Å². The molecule has 0 aromatic heterocycles. The van der Waals surface area contributed by atoms with E-state index in [0.29, 0.717) is 5.69 Å². The van der Waals surface area contributed by atoms with Gasteiger partial charge in [0.05, 0.1) is 11.4 Å². The van der Waals surface area contributed by atoms with Gasteiger partial charge in [0.15, 0.2) is 0 Å². The molecule has 14 heavy (non-hydrogen) atoms. The van der Waals surface area contributed by atoms with Crippen LogP contribution in [0.2, 0.25) is 0 Å². The minimum Gasteiger partial charge on any atom is -0.298 e. The summed E-state index contributed by atoms with van der Waals surface area (Å²) in [5.74, 6) is 0. The summed E-state index contributed by atoms with van der Waals surface area (Å²) < 4.78 is 30.6. The SMILES string of the molecule is O=S(=O)(O)c1cc(NCl)ccc1NCl. The van der Waals surface area contributed by atoms with E-state index in [1.54, 1.807) is 0 Å². The normalized spacial score (nSPS) is 11.1. The summed E-state index contributed by atoms with van der Waals surface area (Å²) >= 11 is 10.5. The molecule has 8 heteroatoms. The molecule has 0 aliphatic rings. The van der Waals surface area contributed by atoms with Crippen molar-refractivity contribution in [2.24, 2.45) is 0 Å². The lowest BCUT2D eigenvalue weighted by atomic mass is 10.3. The van der Waals surface area contributed by atoms with Gasteiger partial charge >= 0.3 is 0 Å². The highest BCUT2D eigenvalue weighted by Gasteiger charge is 2.15. The number of benzene rings is 1. The van der Waals surface area contributed by atoms with Gasteiger partial charge in [0.2, 0.25) is 0 Å². The predicted molar refractivity (Wildman–Crippen MR) is 55.2 cm³/mol. The Bertz CT molecular complexity index is 435. The summed E-state index contributed by atoms with van der Waals surface area (Å²) in [6.45, 7) is 0. The third-order valence-electron chi connectivity index (χ3n) is 1.47. The second-order valence-electron chi connectivity index (χ2n) is 2.37. The van der Waals surface area contributed by atoms with Gasteiger partial charge in [-0.05, 0) is 18.2 Å². The average molecular weight is 257 g/mol. The fourth-order valence-electron chi connectivity index (χ4n) is 0.873. The highest BCUT2D eigenvalue weighted by Crippen LogP contribution is 2.25. The summed E-state index contributed by atoms with van der Waals surface area (Å²) in [6.07, 6.45) is 0. The first-order valence-electron chi connectivity index (χ1n) is 3.34. The summed E-state index contributed by atoms with van der Waals surface area (Å²) in [6, 6.07) is 4.00. The lowest BCUT2D eigenvalue weighted by Crippen LogP contribution is -2.02. The van der Waals surface area contributed by atoms with Gasteiger partial charge in [-0.15, -0.1) is 0 Å². The second-order valence-corrected chi connectivity index (χ2v) is 4.14. The Morgan fingerprint density at radius 3 is 2.29 bits per heavy atom. The van der Waals surface area contributed by atoms with E-state index in [0.717, 1.165) is 6.07 Å². The quantitative estimate of drug-likeness (QED) is 0.570. The van der Waals surface area contributed by atoms with Crippen LogP contribution in [0.5, 0.6) is 0 Å². The van der Waals surface area contributed by atoms with Crippen LogP contribution in [0.1, 0.15) is 0 Å². The molecule has 0 fully saturated rings. The van der Waals surface area contributed by atoms with Crippen LogP contribution in [0.25, 0.3) is 0 Å². The molecular weight excluding hydrogens is 251 g/mol. The molecule has 0 saturated heterocycles. The molecule has 1 aromatic carbocycles. The highest BCUT2D eigenvalue weighted by atomic mass is 35.5. The van der Waals surface area contributed by atoms with Crippen molar-refractivity contribution < 1.29 is 13.0 Å². The zero-order valence-corrected chi connectivity index (χ0v) is 8.99. The summed E-state index contributed by atoms with van der Waals surface area (Å²) in [4.78, 5) is 3.98. The Labute approximate surface area is 91.0 Å². The van der Waals surface area contributed by atoms with Crippen LogP contribution in [0.4, 0.5) is 11.4 Å². The van der Waals surface area contributed by atoms with Crippen molar-refractivity contribution in [3.05, 3.63) is 18.2 Å². The Morgan fingerprint density at radius 1 is 1.21 bits per heavy atom. The summed E-state index contributed by atoms with van der Waals surface area (Å²) in [5.41, 5.74) is 0.403. The predicted octanol–water partition coefficient (Wildman–Crippen LogP) is 2.06. The van der Waals surface area contributed by atoms with Gasteiger partial charge in [-0.25, -0.2) is 0 Å². The molecule has 0 aliphatic heterocycles. The Morgan fingerprint density at radius 2 is 1.86 bits per heavy atom. The van der Waals surface area contributed by atoms with Crippen molar-refractivity contribution in [3.63, 3.8) is 0 Å². The summed E-state index contributed by atoms with van der Waals surface area (Å²) in [5, 5.41) is 0. The van der Waals surface area contributed by atoms with Crippen molar-refractivity contribution in [1.29, 1.82) is 0 Å². The van der Waals surface area contributed by atoms with Crippen LogP contribution in [0.15, 0.2) is 23.1 Å². The Balaban J connectivity index is 3.37. The first-order chi connectivity index (χ1) is 6.49. The zero-order valence-electron chi connectivity index (χ0n) is 6.66. The number of anilines is 2. The van der Waals surface area contributed by atoms with Crippen LogP contribution in [0.3, 0.4) is 0 Å². The molecule has 78 valence electrons. The third-order valence-corrected chi connectivity index (χ3v) is 2.79. The average Bonchev–Trinajstić information content (AvgIpc) is 2.15. The van der Waals surface area contributed by atoms with Crippen LogP contribution in [-0.4, -0.2) is 13.0 Å². The number of nitrogens with one attached hydrogen (secondary N) is 2. The molecule has 0 spiro atoms. The third kappa shape index (κ3) is 2.42. The Kier molecular flexibility index (Phi) is 3.43. The summed E-state index contributed by atoms with van der Waals surface area (Å²) in [7, 11) is -4.32. The van der Waals surface area contributed by atoms with E-state index in [1.165, 1.54) is 12.1 Å². The van der Waals surface area contributed by atoms with Crippen LogP contribution >= 0.6 is 23.6 Å². The molecule has 5 nitrogen and oxygen atoms in total. The molecule has 0 unspecified atom stereocenters. The van der Waals surface area contributed by atoms with Gasteiger partial charge in [0.25, 0.3) is 10.1 Å². The van der Waals surface area contributed by atoms with E-state index in [2.05, 4.69) is 9.67 Å². The topological polar surface area (TPSA) is 78.4 Å². The second kappa shape index (κ2) is 4.22. The van der Waals surface area contributed by atoms with Crippen molar-refractivity contribution in [1.82, 2.24) is 0 Å². The fraction of sp³-hybridized carbons (Fsp3) is 0. The molecule has 1 aromatic rings. The number of hydrogen-bond donors (Lipinski definition) is 3. The van der Waals surface area contributed by atoms with Crippen LogP contribution < -0.4 is 9.67 Å². The molecule has 3 N–H and O–H groups in total. The van der Waals surface area contributed by atoms with Crippen molar-refractivity contribution in [2.75, 3.05) is 9.67 Å². The minimum absolute atomic E-state index is 0.0739. The Hall–Kier alpha value is -0.690. The number of halogens is 2. The molecule has 0 saturated carbocycles. The molecule has 0 bridgehead atoms. The largest absolute Gasteiger partial charge is 0.298 e. The van der Waals surface area contributed by atoms with E-state index < -0.39 is 10.1 Å². The van der Waals surface area contributed by atoms with Crippen molar-refractivity contribution in [2.45, 2.75) is 4.90 Å². The molecule has 0 amide bonds. The fourth-order valence-corrected chi connectivity index (χ4v) is 1.88. The first-order valence-corrected chi connectivity index (χ1v) is 5.53. The van der Waals surface area contributed by atoms with Crippen molar-refractivity contribution >= 4 is 45.0 Å². The van der Waals surface area contributed by atoms with Crippen LogP contribution in [-0.2, 0) is 10.1 Å². The van der Waals surface area contributed by atoms with E-state index in [1.807, 2.05) is 0 Å². The smallest absolute Gasteiger partial charge is 0.296 e. The number of rotatable bonds is 3. The minimum atomic E-state index is -4.32. The monoisotopic (exact) mass is 256 g/mol. The van der Waals surface area contributed by atoms with Gasteiger partial charge in [-0.2, -0.15) is 8.42 Å². The molecule has 0 heterocycles. The van der Waals surface area contributed by atoms with E-state index >= 15 is 0 Å². The van der Waals surface area contributed by atoms with Crippen LogP contribution in [0, 0.1) is 0 Å². The standard InChI is InChI=1S/C6H6Cl2N2O3S/c7-9-4-1-2-5(10-8)6(3-4)14(11,12)13/h1-3,9-10H,(H,11,12,13). The van der Waals surface area contributed by atoms with Crippen molar-refractivity contribution in [3.8, 4) is 0 Å².